The van der Waals surface area contributed by atoms with Gasteiger partial charge in [0.2, 0.25) is 0 Å². The number of hydrogen-bond donors (Lipinski definition) is 1. The fourth-order valence-corrected chi connectivity index (χ4v) is 4.04. The first kappa shape index (κ1) is 15.2. The minimum absolute atomic E-state index is 0.0201. The SMILES string of the molecule is COC1C2CCC1CN(C(=O)Nc1ccc(-n3cccn3)cc1)C2. The summed E-state index contributed by atoms with van der Waals surface area (Å²) in [4.78, 5) is 14.5. The molecule has 2 heterocycles. The Hall–Kier alpha value is -2.34. The molecular weight excluding hydrogens is 304 g/mol. The first-order chi connectivity index (χ1) is 11.7. The maximum Gasteiger partial charge on any atom is 0.321 e. The molecule has 0 radical (unpaired) electrons. The maximum absolute atomic E-state index is 12.6. The van der Waals surface area contributed by atoms with E-state index in [9.17, 15) is 4.79 Å². The van der Waals surface area contributed by atoms with Crippen LogP contribution in [0.5, 0.6) is 0 Å². The Labute approximate surface area is 141 Å². The molecule has 2 aliphatic rings. The number of nitrogens with one attached hydrogen (secondary N) is 1. The molecule has 24 heavy (non-hydrogen) atoms. The third-order valence-corrected chi connectivity index (χ3v) is 5.19. The zero-order valence-corrected chi connectivity index (χ0v) is 13.8. The van der Waals surface area contributed by atoms with Gasteiger partial charge in [0.05, 0.1) is 11.8 Å². The van der Waals surface area contributed by atoms with Gasteiger partial charge in [0.15, 0.2) is 0 Å². The van der Waals surface area contributed by atoms with Gasteiger partial charge in [0.1, 0.15) is 0 Å². The van der Waals surface area contributed by atoms with E-state index in [0.717, 1.165) is 37.3 Å². The van der Waals surface area contributed by atoms with Gasteiger partial charge in [-0.2, -0.15) is 5.10 Å². The number of carbonyl (C=O) groups excluding carboxylic acids is 1. The normalized spacial score (nSPS) is 25.7. The van der Waals surface area contributed by atoms with Crippen molar-refractivity contribution in [3.8, 4) is 5.69 Å². The Bertz CT molecular complexity index is 684. The Morgan fingerprint density at radius 3 is 2.50 bits per heavy atom. The summed E-state index contributed by atoms with van der Waals surface area (Å²) < 4.78 is 7.40. The molecule has 1 saturated carbocycles. The van der Waals surface area contributed by atoms with Crippen molar-refractivity contribution in [1.29, 1.82) is 0 Å². The summed E-state index contributed by atoms with van der Waals surface area (Å²) in [6.07, 6.45) is 6.27. The highest BCUT2D eigenvalue weighted by atomic mass is 16.5. The molecule has 4 rings (SSSR count). The Balaban J connectivity index is 1.40. The fraction of sp³-hybridized carbons (Fsp3) is 0.444. The minimum atomic E-state index is -0.0201. The molecule has 2 unspecified atom stereocenters. The molecule has 2 bridgehead atoms. The molecule has 2 fully saturated rings. The van der Waals surface area contributed by atoms with Crippen LogP contribution in [0.3, 0.4) is 0 Å². The van der Waals surface area contributed by atoms with Gasteiger partial charge in [0, 0.05) is 50.1 Å². The number of urea groups is 1. The summed E-state index contributed by atoms with van der Waals surface area (Å²) in [7, 11) is 1.78. The smallest absolute Gasteiger partial charge is 0.321 e. The molecular formula is C18H22N4O2. The van der Waals surface area contributed by atoms with Crippen LogP contribution < -0.4 is 5.32 Å². The van der Waals surface area contributed by atoms with Crippen molar-refractivity contribution < 1.29 is 9.53 Å². The quantitative estimate of drug-likeness (QED) is 0.943. The molecule has 1 aromatic carbocycles. The molecule has 1 aliphatic heterocycles. The van der Waals surface area contributed by atoms with Crippen molar-refractivity contribution in [2.45, 2.75) is 18.9 Å². The van der Waals surface area contributed by atoms with E-state index in [4.69, 9.17) is 4.74 Å². The van der Waals surface area contributed by atoms with Gasteiger partial charge < -0.3 is 15.0 Å². The number of amides is 2. The van der Waals surface area contributed by atoms with Crippen LogP contribution in [0.1, 0.15) is 12.8 Å². The number of methoxy groups -OCH3 is 1. The molecule has 126 valence electrons. The third-order valence-electron chi connectivity index (χ3n) is 5.19. The van der Waals surface area contributed by atoms with Crippen molar-refractivity contribution in [2.24, 2.45) is 11.8 Å². The predicted octanol–water partition coefficient (Wildman–Crippen LogP) is 2.76. The lowest BCUT2D eigenvalue weighted by molar-refractivity contribution is -0.00364. The van der Waals surface area contributed by atoms with Crippen LogP contribution in [0.25, 0.3) is 5.69 Å². The lowest BCUT2D eigenvalue weighted by Gasteiger charge is -2.37. The van der Waals surface area contributed by atoms with Crippen molar-refractivity contribution in [1.82, 2.24) is 14.7 Å². The van der Waals surface area contributed by atoms with Crippen molar-refractivity contribution in [3.05, 3.63) is 42.7 Å². The van der Waals surface area contributed by atoms with E-state index in [-0.39, 0.29) is 6.03 Å². The largest absolute Gasteiger partial charge is 0.381 e. The van der Waals surface area contributed by atoms with Gasteiger partial charge >= 0.3 is 6.03 Å². The lowest BCUT2D eigenvalue weighted by Crippen LogP contribution is -2.49. The standard InChI is InChI=1S/C18H22N4O2/c1-24-17-13-3-4-14(17)12-21(11-13)18(23)20-15-5-7-16(8-6-15)22-10-2-9-19-22/h2,5-10,13-14,17H,3-4,11-12H2,1H3,(H,20,23). The summed E-state index contributed by atoms with van der Waals surface area (Å²) in [5.74, 6) is 0.948. The number of ether oxygens (including phenoxy) is 1. The Morgan fingerprint density at radius 1 is 1.21 bits per heavy atom. The van der Waals surface area contributed by atoms with Crippen LogP contribution in [0.4, 0.5) is 10.5 Å². The van der Waals surface area contributed by atoms with Crippen LogP contribution >= 0.6 is 0 Å². The number of nitrogens with zero attached hydrogens (tertiary/aromatic N) is 3. The highest BCUT2D eigenvalue weighted by Crippen LogP contribution is 2.38. The summed E-state index contributed by atoms with van der Waals surface area (Å²) in [5, 5.41) is 7.20. The van der Waals surface area contributed by atoms with E-state index in [1.54, 1.807) is 18.0 Å². The van der Waals surface area contributed by atoms with Gasteiger partial charge in [0.25, 0.3) is 0 Å². The monoisotopic (exact) mass is 326 g/mol. The molecule has 0 spiro atoms. The maximum atomic E-state index is 12.6. The van der Waals surface area contributed by atoms with E-state index in [1.807, 2.05) is 41.4 Å². The molecule has 2 amide bonds. The fourth-order valence-electron chi connectivity index (χ4n) is 4.04. The molecule has 1 N–H and O–H groups in total. The number of hydrogen-bond acceptors (Lipinski definition) is 3. The minimum Gasteiger partial charge on any atom is -0.381 e. The van der Waals surface area contributed by atoms with Gasteiger partial charge in [-0.3, -0.25) is 0 Å². The van der Waals surface area contributed by atoms with Gasteiger partial charge in [-0.25, -0.2) is 9.48 Å². The number of rotatable bonds is 3. The Morgan fingerprint density at radius 2 is 1.92 bits per heavy atom. The highest BCUT2D eigenvalue weighted by Gasteiger charge is 2.43. The van der Waals surface area contributed by atoms with Crippen molar-refractivity contribution >= 4 is 11.7 Å². The molecule has 1 aromatic heterocycles. The molecule has 1 saturated heterocycles. The topological polar surface area (TPSA) is 59.4 Å². The first-order valence-electron chi connectivity index (χ1n) is 8.43. The Kier molecular flexibility index (Phi) is 3.98. The zero-order chi connectivity index (χ0) is 16.5. The van der Waals surface area contributed by atoms with E-state index >= 15 is 0 Å². The summed E-state index contributed by atoms with van der Waals surface area (Å²) in [6, 6.07) is 9.57. The third kappa shape index (κ3) is 2.78. The lowest BCUT2D eigenvalue weighted by atomic mass is 9.95. The molecule has 1 aliphatic carbocycles. The van der Waals surface area contributed by atoms with E-state index in [1.165, 1.54) is 0 Å². The second-order valence-electron chi connectivity index (χ2n) is 6.63. The van der Waals surface area contributed by atoms with Crippen LogP contribution in [-0.4, -0.2) is 47.0 Å². The number of piperidine rings is 1. The average Bonchev–Trinajstić information content (AvgIpc) is 3.21. The van der Waals surface area contributed by atoms with Crippen LogP contribution in [0, 0.1) is 11.8 Å². The van der Waals surface area contributed by atoms with Gasteiger partial charge in [-0.15, -0.1) is 0 Å². The molecule has 2 atom stereocenters. The number of carbonyl (C=O) groups is 1. The number of benzene rings is 1. The summed E-state index contributed by atoms with van der Waals surface area (Å²) >= 11 is 0. The molecule has 6 heteroatoms. The predicted molar refractivity (Wildman–Crippen MR) is 91.2 cm³/mol. The molecule has 6 nitrogen and oxygen atoms in total. The number of aromatic nitrogens is 2. The second kappa shape index (κ2) is 6.28. The summed E-state index contributed by atoms with van der Waals surface area (Å²) in [6.45, 7) is 1.57. The number of anilines is 1. The van der Waals surface area contributed by atoms with Crippen LogP contribution in [0.2, 0.25) is 0 Å². The van der Waals surface area contributed by atoms with Crippen molar-refractivity contribution in [2.75, 3.05) is 25.5 Å². The van der Waals surface area contributed by atoms with E-state index < -0.39 is 0 Å². The first-order valence-corrected chi connectivity index (χ1v) is 8.43. The average molecular weight is 326 g/mol. The van der Waals surface area contributed by atoms with E-state index in [2.05, 4.69) is 10.4 Å². The van der Waals surface area contributed by atoms with E-state index in [0.29, 0.717) is 17.9 Å². The number of likely N-dealkylation sites (tertiary alicyclic amines) is 1. The highest BCUT2D eigenvalue weighted by molar-refractivity contribution is 5.89. The summed E-state index contributed by atoms with van der Waals surface area (Å²) in [5.41, 5.74) is 1.77. The molecule has 2 aromatic rings. The van der Waals surface area contributed by atoms with Crippen LogP contribution in [-0.2, 0) is 4.74 Å². The van der Waals surface area contributed by atoms with Crippen LogP contribution in [0.15, 0.2) is 42.7 Å². The zero-order valence-electron chi connectivity index (χ0n) is 13.8. The second-order valence-corrected chi connectivity index (χ2v) is 6.63. The number of fused-ring (bicyclic) bond motifs is 2. The van der Waals surface area contributed by atoms with Gasteiger partial charge in [-0.1, -0.05) is 0 Å². The van der Waals surface area contributed by atoms with Gasteiger partial charge in [-0.05, 0) is 43.2 Å². The van der Waals surface area contributed by atoms with Crippen molar-refractivity contribution in [3.63, 3.8) is 0 Å².